The Kier molecular flexibility index (Phi) is 3.63. The maximum atomic E-state index is 12.6. The molecule has 3 fully saturated rings. The van der Waals surface area contributed by atoms with Gasteiger partial charge in [0.25, 0.3) is 0 Å². The Balaban J connectivity index is 1.40. The van der Waals surface area contributed by atoms with Gasteiger partial charge in [0.15, 0.2) is 0 Å². The van der Waals surface area contributed by atoms with Crippen molar-refractivity contribution in [2.24, 2.45) is 0 Å². The largest absolute Gasteiger partial charge is 0.333 e. The van der Waals surface area contributed by atoms with Crippen LogP contribution >= 0.6 is 0 Å². The van der Waals surface area contributed by atoms with Gasteiger partial charge in [0, 0.05) is 18.8 Å². The first-order valence-corrected chi connectivity index (χ1v) is 8.37. The first-order valence-electron chi connectivity index (χ1n) is 8.37. The SMILES string of the molecule is O=C(Nc1ccccc1)N[C@H]1C[C@H]2C(=O)N3CCC[C@@H]3C(=O)N2C1. The second-order valence-electron chi connectivity index (χ2n) is 6.59. The van der Waals surface area contributed by atoms with E-state index in [9.17, 15) is 14.4 Å². The molecule has 7 nitrogen and oxygen atoms in total. The Morgan fingerprint density at radius 3 is 2.58 bits per heavy atom. The molecule has 0 aromatic heterocycles. The number of para-hydroxylation sites is 1. The third-order valence-electron chi connectivity index (χ3n) is 5.06. The van der Waals surface area contributed by atoms with E-state index in [4.69, 9.17) is 0 Å². The molecule has 0 saturated carbocycles. The maximum Gasteiger partial charge on any atom is 0.319 e. The number of amides is 4. The van der Waals surface area contributed by atoms with Gasteiger partial charge in [-0.15, -0.1) is 0 Å². The van der Waals surface area contributed by atoms with E-state index < -0.39 is 6.04 Å². The summed E-state index contributed by atoms with van der Waals surface area (Å²) >= 11 is 0. The van der Waals surface area contributed by atoms with Gasteiger partial charge >= 0.3 is 6.03 Å². The van der Waals surface area contributed by atoms with Crippen LogP contribution in [-0.4, -0.2) is 58.9 Å². The number of nitrogens with zero attached hydrogens (tertiary/aromatic N) is 2. The van der Waals surface area contributed by atoms with Crippen molar-refractivity contribution in [3.8, 4) is 0 Å². The minimum Gasteiger partial charge on any atom is -0.333 e. The monoisotopic (exact) mass is 328 g/mol. The normalized spacial score (nSPS) is 28.6. The van der Waals surface area contributed by atoms with E-state index in [2.05, 4.69) is 10.6 Å². The van der Waals surface area contributed by atoms with Crippen molar-refractivity contribution in [3.63, 3.8) is 0 Å². The predicted molar refractivity (Wildman–Crippen MR) is 87.2 cm³/mol. The smallest absolute Gasteiger partial charge is 0.319 e. The summed E-state index contributed by atoms with van der Waals surface area (Å²) in [6, 6.07) is 7.95. The average molecular weight is 328 g/mol. The van der Waals surface area contributed by atoms with Crippen molar-refractivity contribution in [1.29, 1.82) is 0 Å². The highest BCUT2D eigenvalue weighted by molar-refractivity contribution is 5.98. The van der Waals surface area contributed by atoms with Gasteiger partial charge in [0.2, 0.25) is 11.8 Å². The van der Waals surface area contributed by atoms with Crippen molar-refractivity contribution >= 4 is 23.5 Å². The van der Waals surface area contributed by atoms with Crippen LogP contribution in [0.15, 0.2) is 30.3 Å². The van der Waals surface area contributed by atoms with Crippen molar-refractivity contribution in [2.45, 2.75) is 37.4 Å². The van der Waals surface area contributed by atoms with Crippen LogP contribution < -0.4 is 10.6 Å². The Morgan fingerprint density at radius 2 is 1.79 bits per heavy atom. The maximum absolute atomic E-state index is 12.6. The molecule has 24 heavy (non-hydrogen) atoms. The van der Waals surface area contributed by atoms with Gasteiger partial charge in [-0.25, -0.2) is 4.79 Å². The number of rotatable bonds is 2. The van der Waals surface area contributed by atoms with Crippen LogP contribution in [0, 0.1) is 0 Å². The van der Waals surface area contributed by atoms with E-state index in [1.54, 1.807) is 21.9 Å². The highest BCUT2D eigenvalue weighted by Gasteiger charge is 2.51. The van der Waals surface area contributed by atoms with Crippen molar-refractivity contribution in [2.75, 3.05) is 18.4 Å². The first kappa shape index (κ1) is 15.0. The zero-order valence-corrected chi connectivity index (χ0v) is 13.3. The summed E-state index contributed by atoms with van der Waals surface area (Å²) in [5.41, 5.74) is 0.707. The van der Waals surface area contributed by atoms with Crippen LogP contribution in [0.2, 0.25) is 0 Å². The minimum atomic E-state index is -0.422. The number of carbonyl (C=O) groups excluding carboxylic acids is 3. The fourth-order valence-electron chi connectivity index (χ4n) is 3.96. The van der Waals surface area contributed by atoms with Gasteiger partial charge in [0.1, 0.15) is 12.1 Å². The first-order chi connectivity index (χ1) is 11.6. The molecule has 1 aromatic rings. The summed E-state index contributed by atoms with van der Waals surface area (Å²) in [6.45, 7) is 1.08. The standard InChI is InChI=1S/C17H20N4O3/c22-15-13-7-4-8-20(13)16(23)14-9-12(10-21(14)15)19-17(24)18-11-5-2-1-3-6-11/h1-3,5-6,12-14H,4,7-10H2,(H2,18,19,24)/t12-,13+,14-/m0/s1. The number of carbonyl (C=O) groups is 3. The molecule has 2 N–H and O–H groups in total. The van der Waals surface area contributed by atoms with Gasteiger partial charge in [-0.2, -0.15) is 0 Å². The van der Waals surface area contributed by atoms with Crippen LogP contribution in [0.3, 0.4) is 0 Å². The number of piperazine rings is 1. The molecule has 3 aliphatic rings. The average Bonchev–Trinajstić information content (AvgIpc) is 3.21. The lowest BCUT2D eigenvalue weighted by Crippen LogP contribution is -2.60. The number of fused-ring (bicyclic) bond motifs is 2. The lowest BCUT2D eigenvalue weighted by Gasteiger charge is -2.38. The Bertz CT molecular complexity index is 648. The van der Waals surface area contributed by atoms with Crippen LogP contribution in [-0.2, 0) is 9.59 Å². The number of nitrogens with one attached hydrogen (secondary N) is 2. The Hall–Kier alpha value is -2.57. The minimum absolute atomic E-state index is 0.0323. The number of urea groups is 1. The fourth-order valence-corrected chi connectivity index (χ4v) is 3.96. The van der Waals surface area contributed by atoms with E-state index in [1.165, 1.54) is 0 Å². The lowest BCUT2D eigenvalue weighted by atomic mass is 10.1. The van der Waals surface area contributed by atoms with Gasteiger partial charge in [-0.05, 0) is 31.4 Å². The molecule has 0 radical (unpaired) electrons. The van der Waals surface area contributed by atoms with E-state index in [-0.39, 0.29) is 29.9 Å². The third-order valence-corrected chi connectivity index (χ3v) is 5.06. The second kappa shape index (κ2) is 5.81. The summed E-state index contributed by atoms with van der Waals surface area (Å²) in [5, 5.41) is 5.64. The van der Waals surface area contributed by atoms with E-state index in [0.29, 0.717) is 25.2 Å². The Morgan fingerprint density at radius 1 is 1.04 bits per heavy atom. The molecule has 3 aliphatic heterocycles. The molecule has 4 rings (SSSR count). The number of hydrogen-bond acceptors (Lipinski definition) is 3. The Labute approximate surface area is 140 Å². The van der Waals surface area contributed by atoms with Crippen LogP contribution in [0.25, 0.3) is 0 Å². The quantitative estimate of drug-likeness (QED) is 0.842. The molecule has 0 bridgehead atoms. The molecule has 1 aromatic carbocycles. The van der Waals surface area contributed by atoms with E-state index in [1.807, 2.05) is 18.2 Å². The number of hydrogen-bond donors (Lipinski definition) is 2. The van der Waals surface area contributed by atoms with Crippen molar-refractivity contribution in [3.05, 3.63) is 30.3 Å². The highest BCUT2D eigenvalue weighted by atomic mass is 16.2. The van der Waals surface area contributed by atoms with Crippen LogP contribution in [0.5, 0.6) is 0 Å². The lowest BCUT2D eigenvalue weighted by molar-refractivity contribution is -0.156. The van der Waals surface area contributed by atoms with E-state index >= 15 is 0 Å². The van der Waals surface area contributed by atoms with Gasteiger partial charge < -0.3 is 20.4 Å². The summed E-state index contributed by atoms with van der Waals surface area (Å²) in [6.07, 6.45) is 2.13. The molecule has 0 spiro atoms. The molecule has 4 amide bonds. The summed E-state index contributed by atoms with van der Waals surface area (Å²) in [5.74, 6) is 0.0646. The molecule has 3 saturated heterocycles. The third kappa shape index (κ3) is 2.50. The molecular formula is C17H20N4O3. The van der Waals surface area contributed by atoms with Gasteiger partial charge in [0.05, 0.1) is 6.04 Å². The number of benzene rings is 1. The van der Waals surface area contributed by atoms with Crippen LogP contribution in [0.4, 0.5) is 10.5 Å². The predicted octanol–water partition coefficient (Wildman–Crippen LogP) is 0.782. The summed E-state index contributed by atoms with van der Waals surface area (Å²) < 4.78 is 0. The van der Waals surface area contributed by atoms with Crippen LogP contribution in [0.1, 0.15) is 19.3 Å². The summed E-state index contributed by atoms with van der Waals surface area (Å²) in [7, 11) is 0. The molecule has 0 unspecified atom stereocenters. The van der Waals surface area contributed by atoms with Crippen molar-refractivity contribution in [1.82, 2.24) is 15.1 Å². The molecule has 3 heterocycles. The van der Waals surface area contributed by atoms with Gasteiger partial charge in [-0.1, -0.05) is 18.2 Å². The second-order valence-corrected chi connectivity index (χ2v) is 6.59. The van der Waals surface area contributed by atoms with Gasteiger partial charge in [-0.3, -0.25) is 9.59 Å². The molecule has 3 atom stereocenters. The molecule has 7 heteroatoms. The van der Waals surface area contributed by atoms with E-state index in [0.717, 1.165) is 12.8 Å². The highest BCUT2D eigenvalue weighted by Crippen LogP contribution is 2.32. The molecule has 126 valence electrons. The zero-order chi connectivity index (χ0) is 16.7. The topological polar surface area (TPSA) is 81.8 Å². The summed E-state index contributed by atoms with van der Waals surface area (Å²) in [4.78, 5) is 40.6. The zero-order valence-electron chi connectivity index (χ0n) is 13.3. The van der Waals surface area contributed by atoms with Crippen molar-refractivity contribution < 1.29 is 14.4 Å². The fraction of sp³-hybridized carbons (Fsp3) is 0.471. The molecule has 0 aliphatic carbocycles. The molecular weight excluding hydrogens is 308 g/mol. The number of anilines is 1.